The molecule has 6 nitrogen and oxygen atoms in total. The molecule has 1 atom stereocenters. The molecule has 1 aromatic rings. The molecular formula is C21H26FN3O3. The van der Waals surface area contributed by atoms with Crippen molar-refractivity contribution in [1.82, 2.24) is 9.80 Å². The van der Waals surface area contributed by atoms with E-state index in [1.165, 1.54) is 12.1 Å². The monoisotopic (exact) mass is 387 g/mol. The zero-order chi connectivity index (χ0) is 19.5. The number of carbonyl (C=O) groups excluding carboxylic acids is 2. The van der Waals surface area contributed by atoms with Crippen LogP contribution in [0.4, 0.5) is 4.39 Å². The zero-order valence-electron chi connectivity index (χ0n) is 16.0. The topological polar surface area (TPSA) is 62.2 Å². The second-order valence-electron chi connectivity index (χ2n) is 7.89. The molecule has 150 valence electrons. The lowest BCUT2D eigenvalue weighted by atomic mass is 9.94. The molecule has 0 bridgehead atoms. The van der Waals surface area contributed by atoms with Crippen LogP contribution in [-0.2, 0) is 20.8 Å². The van der Waals surface area contributed by atoms with Crippen LogP contribution in [0.5, 0.6) is 0 Å². The minimum absolute atomic E-state index is 0.0388. The van der Waals surface area contributed by atoms with E-state index in [1.54, 1.807) is 17.0 Å². The van der Waals surface area contributed by atoms with E-state index in [-0.39, 0.29) is 23.5 Å². The van der Waals surface area contributed by atoms with Crippen molar-refractivity contribution in [1.29, 1.82) is 0 Å². The molecule has 0 unspecified atom stereocenters. The Kier molecular flexibility index (Phi) is 5.59. The summed E-state index contributed by atoms with van der Waals surface area (Å²) in [5, 5.41) is 4.06. The smallest absolute Gasteiger partial charge is 0.266 e. The van der Waals surface area contributed by atoms with Crippen molar-refractivity contribution in [2.75, 3.05) is 26.2 Å². The van der Waals surface area contributed by atoms with E-state index in [4.69, 9.17) is 4.84 Å². The number of likely N-dealkylation sites (tertiary alicyclic amines) is 2. The van der Waals surface area contributed by atoms with Gasteiger partial charge in [0.2, 0.25) is 12.0 Å². The normalized spacial score (nSPS) is 22.9. The van der Waals surface area contributed by atoms with E-state index in [2.05, 4.69) is 5.16 Å². The van der Waals surface area contributed by atoms with Gasteiger partial charge in [-0.2, -0.15) is 0 Å². The number of carbonyl (C=O) groups is 2. The Morgan fingerprint density at radius 3 is 2.32 bits per heavy atom. The number of oxime groups is 1. The Balaban J connectivity index is 1.24. The summed E-state index contributed by atoms with van der Waals surface area (Å²) in [6.07, 6.45) is 4.07. The van der Waals surface area contributed by atoms with Crippen LogP contribution < -0.4 is 0 Å². The van der Waals surface area contributed by atoms with Crippen molar-refractivity contribution in [3.63, 3.8) is 0 Å². The Labute approximate surface area is 164 Å². The first-order chi connectivity index (χ1) is 13.6. The first kappa shape index (κ1) is 18.9. The van der Waals surface area contributed by atoms with Gasteiger partial charge in [-0.1, -0.05) is 17.3 Å². The Hall–Kier alpha value is -2.44. The molecule has 0 spiro atoms. The lowest BCUT2D eigenvalue weighted by molar-refractivity contribution is -0.146. The minimum atomic E-state index is -0.582. The summed E-state index contributed by atoms with van der Waals surface area (Å²) >= 11 is 0. The third kappa shape index (κ3) is 4.18. The molecular weight excluding hydrogens is 361 g/mol. The highest BCUT2D eigenvalue weighted by atomic mass is 19.1. The van der Waals surface area contributed by atoms with Gasteiger partial charge in [0.15, 0.2) is 0 Å². The molecule has 28 heavy (non-hydrogen) atoms. The third-order valence-electron chi connectivity index (χ3n) is 5.90. The van der Waals surface area contributed by atoms with Gasteiger partial charge in [0, 0.05) is 44.9 Å². The molecule has 3 heterocycles. The van der Waals surface area contributed by atoms with Crippen LogP contribution in [-0.4, -0.2) is 59.6 Å². The van der Waals surface area contributed by atoms with Crippen LogP contribution >= 0.6 is 0 Å². The highest BCUT2D eigenvalue weighted by molar-refractivity contribution is 5.94. The molecule has 0 radical (unpaired) electrons. The van der Waals surface area contributed by atoms with Gasteiger partial charge in [-0.15, -0.1) is 0 Å². The lowest BCUT2D eigenvalue weighted by Gasteiger charge is -2.33. The number of piperidine rings is 1. The molecule has 0 aromatic heterocycles. The maximum atomic E-state index is 13.0. The molecule has 7 heteroatoms. The molecule has 4 rings (SSSR count). The van der Waals surface area contributed by atoms with Crippen LogP contribution in [0.1, 0.15) is 37.7 Å². The number of nitrogens with zero attached hydrogens (tertiary/aromatic N) is 3. The summed E-state index contributed by atoms with van der Waals surface area (Å²) in [7, 11) is 0. The second-order valence-corrected chi connectivity index (χ2v) is 7.89. The maximum absolute atomic E-state index is 13.0. The van der Waals surface area contributed by atoms with E-state index in [0.29, 0.717) is 25.9 Å². The summed E-state index contributed by atoms with van der Waals surface area (Å²) in [5.74, 6) is -0.0264. The van der Waals surface area contributed by atoms with Crippen LogP contribution in [0, 0.1) is 11.7 Å². The summed E-state index contributed by atoms with van der Waals surface area (Å²) in [6, 6.07) is 6.27. The van der Waals surface area contributed by atoms with Crippen molar-refractivity contribution in [2.24, 2.45) is 11.1 Å². The molecule has 2 amide bonds. The van der Waals surface area contributed by atoms with Crippen LogP contribution in [0.15, 0.2) is 29.4 Å². The predicted octanol–water partition coefficient (Wildman–Crippen LogP) is 2.37. The molecule has 0 aliphatic carbocycles. The van der Waals surface area contributed by atoms with Crippen molar-refractivity contribution < 1.29 is 18.8 Å². The number of hydrogen-bond acceptors (Lipinski definition) is 4. The highest BCUT2D eigenvalue weighted by Crippen LogP contribution is 2.24. The summed E-state index contributed by atoms with van der Waals surface area (Å²) < 4.78 is 13.0. The lowest BCUT2D eigenvalue weighted by Crippen LogP contribution is -2.47. The van der Waals surface area contributed by atoms with Gasteiger partial charge in [0.05, 0.1) is 5.71 Å². The van der Waals surface area contributed by atoms with Crippen molar-refractivity contribution >= 4 is 17.5 Å². The third-order valence-corrected chi connectivity index (χ3v) is 5.90. The Morgan fingerprint density at radius 2 is 1.64 bits per heavy atom. The highest BCUT2D eigenvalue weighted by Gasteiger charge is 2.36. The van der Waals surface area contributed by atoms with Gasteiger partial charge < -0.3 is 14.6 Å². The standard InChI is InChI=1S/C21H26FN3O3/c22-17-5-3-15(4-6-17)13-18-14-19(28-23-18)21(27)25-11-7-16(8-12-25)20(26)24-9-1-2-10-24/h3-6,16,19H,1-2,7-14H2/t19-/m1/s1. The SMILES string of the molecule is O=C(C1CCN(C(=O)[C@H]2CC(Cc3ccc(F)cc3)=NO2)CC1)N1CCCC1. The second kappa shape index (κ2) is 8.29. The van der Waals surface area contributed by atoms with Crippen LogP contribution in [0.3, 0.4) is 0 Å². The number of hydrogen-bond donors (Lipinski definition) is 0. The van der Waals surface area contributed by atoms with Crippen molar-refractivity contribution in [2.45, 2.75) is 44.6 Å². The van der Waals surface area contributed by atoms with Gasteiger partial charge in [-0.05, 0) is 43.4 Å². The minimum Gasteiger partial charge on any atom is -0.382 e. The van der Waals surface area contributed by atoms with E-state index < -0.39 is 6.10 Å². The fourth-order valence-corrected chi connectivity index (χ4v) is 4.25. The molecule has 1 aromatic carbocycles. The van der Waals surface area contributed by atoms with Gasteiger partial charge in [0.1, 0.15) is 5.82 Å². The summed E-state index contributed by atoms with van der Waals surface area (Å²) in [4.78, 5) is 34.4. The molecule has 3 aliphatic heterocycles. The van der Waals surface area contributed by atoms with Gasteiger partial charge in [0.25, 0.3) is 5.91 Å². The number of benzene rings is 1. The number of amides is 2. The summed E-state index contributed by atoms with van der Waals surface area (Å²) in [5.41, 5.74) is 1.74. The van der Waals surface area contributed by atoms with E-state index in [0.717, 1.165) is 50.0 Å². The molecule has 2 saturated heterocycles. The first-order valence-electron chi connectivity index (χ1n) is 10.1. The number of halogens is 1. The maximum Gasteiger partial charge on any atom is 0.266 e. The van der Waals surface area contributed by atoms with E-state index >= 15 is 0 Å². The Morgan fingerprint density at radius 1 is 1.00 bits per heavy atom. The molecule has 0 N–H and O–H groups in total. The average molecular weight is 387 g/mol. The summed E-state index contributed by atoms with van der Waals surface area (Å²) in [6.45, 7) is 2.94. The first-order valence-corrected chi connectivity index (χ1v) is 10.1. The predicted molar refractivity (Wildman–Crippen MR) is 102 cm³/mol. The van der Waals surface area contributed by atoms with Crippen molar-refractivity contribution in [3.8, 4) is 0 Å². The van der Waals surface area contributed by atoms with Gasteiger partial charge in [-0.3, -0.25) is 9.59 Å². The van der Waals surface area contributed by atoms with Crippen LogP contribution in [0.25, 0.3) is 0 Å². The molecule has 0 saturated carbocycles. The quantitative estimate of drug-likeness (QED) is 0.797. The average Bonchev–Trinajstić information content (AvgIpc) is 3.41. The largest absolute Gasteiger partial charge is 0.382 e. The fraction of sp³-hybridized carbons (Fsp3) is 0.571. The van der Waals surface area contributed by atoms with E-state index in [9.17, 15) is 14.0 Å². The Bertz CT molecular complexity index is 751. The van der Waals surface area contributed by atoms with Crippen LogP contribution in [0.2, 0.25) is 0 Å². The van der Waals surface area contributed by atoms with Crippen molar-refractivity contribution in [3.05, 3.63) is 35.6 Å². The fourth-order valence-electron chi connectivity index (χ4n) is 4.25. The zero-order valence-corrected chi connectivity index (χ0v) is 16.0. The van der Waals surface area contributed by atoms with Gasteiger partial charge in [-0.25, -0.2) is 4.39 Å². The van der Waals surface area contributed by atoms with Gasteiger partial charge >= 0.3 is 0 Å². The number of rotatable bonds is 4. The molecule has 3 aliphatic rings. The molecule has 2 fully saturated rings. The van der Waals surface area contributed by atoms with E-state index in [1.807, 2.05) is 4.90 Å².